The smallest absolute Gasteiger partial charge is 0.373 e. The number of nitrogens with zero attached hydrogens (tertiary/aromatic N) is 3. The van der Waals surface area contributed by atoms with E-state index in [0.717, 1.165) is 16.5 Å². The Morgan fingerprint density at radius 2 is 1.85 bits per heavy atom. The first-order chi connectivity index (χ1) is 12.8. The SMILES string of the molecule is COC(=O)c1ccc(CSc2nnc(-c3ccc(C(C)(C)C)cc3)n2C)o1. The molecule has 27 heavy (non-hydrogen) atoms. The summed E-state index contributed by atoms with van der Waals surface area (Å²) in [4.78, 5) is 11.5. The van der Waals surface area contributed by atoms with Gasteiger partial charge in [-0.1, -0.05) is 56.8 Å². The predicted octanol–water partition coefficient (Wildman–Crippen LogP) is 4.45. The zero-order chi connectivity index (χ0) is 19.6. The summed E-state index contributed by atoms with van der Waals surface area (Å²) in [5, 5.41) is 9.38. The van der Waals surface area contributed by atoms with Crippen molar-refractivity contribution >= 4 is 17.7 Å². The third-order valence-electron chi connectivity index (χ3n) is 4.24. The lowest BCUT2D eigenvalue weighted by Gasteiger charge is -2.19. The summed E-state index contributed by atoms with van der Waals surface area (Å²) in [5.41, 5.74) is 2.42. The highest BCUT2D eigenvalue weighted by Crippen LogP contribution is 2.28. The number of hydrogen-bond donors (Lipinski definition) is 0. The molecule has 0 saturated heterocycles. The highest BCUT2D eigenvalue weighted by Gasteiger charge is 2.16. The number of esters is 1. The number of aromatic nitrogens is 3. The van der Waals surface area contributed by atoms with Crippen LogP contribution in [-0.4, -0.2) is 27.8 Å². The molecule has 1 aromatic carbocycles. The van der Waals surface area contributed by atoms with Crippen LogP contribution >= 0.6 is 11.8 Å². The number of carbonyl (C=O) groups excluding carboxylic acids is 1. The molecule has 0 aliphatic rings. The van der Waals surface area contributed by atoms with Crippen molar-refractivity contribution in [2.45, 2.75) is 37.1 Å². The van der Waals surface area contributed by atoms with E-state index in [-0.39, 0.29) is 11.2 Å². The van der Waals surface area contributed by atoms with Crippen LogP contribution < -0.4 is 0 Å². The Hall–Kier alpha value is -2.54. The Balaban J connectivity index is 1.72. The fourth-order valence-corrected chi connectivity index (χ4v) is 3.42. The number of hydrogen-bond acceptors (Lipinski definition) is 6. The topological polar surface area (TPSA) is 70.2 Å². The summed E-state index contributed by atoms with van der Waals surface area (Å²) in [6.07, 6.45) is 0. The number of ether oxygens (including phenoxy) is 1. The summed E-state index contributed by atoms with van der Waals surface area (Å²) < 4.78 is 12.1. The summed E-state index contributed by atoms with van der Waals surface area (Å²) in [5.74, 6) is 1.76. The number of methoxy groups -OCH3 is 1. The predicted molar refractivity (Wildman–Crippen MR) is 105 cm³/mol. The first-order valence-electron chi connectivity index (χ1n) is 8.59. The van der Waals surface area contributed by atoms with E-state index in [4.69, 9.17) is 4.42 Å². The van der Waals surface area contributed by atoms with Gasteiger partial charge in [0.2, 0.25) is 5.76 Å². The van der Waals surface area contributed by atoms with Gasteiger partial charge in [0.05, 0.1) is 12.9 Å². The van der Waals surface area contributed by atoms with Crippen LogP contribution in [-0.2, 0) is 23.0 Å². The number of thioether (sulfide) groups is 1. The molecule has 2 heterocycles. The third-order valence-corrected chi connectivity index (χ3v) is 5.28. The molecule has 0 unspecified atom stereocenters. The second kappa shape index (κ2) is 7.60. The molecule has 2 aromatic heterocycles. The van der Waals surface area contributed by atoms with Crippen LogP contribution in [0.2, 0.25) is 0 Å². The van der Waals surface area contributed by atoms with Gasteiger partial charge in [-0.25, -0.2) is 4.79 Å². The Bertz CT molecular complexity index is 936. The lowest BCUT2D eigenvalue weighted by atomic mass is 9.87. The van der Waals surface area contributed by atoms with E-state index in [1.54, 1.807) is 12.1 Å². The highest BCUT2D eigenvalue weighted by atomic mass is 32.2. The van der Waals surface area contributed by atoms with Crippen molar-refractivity contribution in [3.05, 3.63) is 53.5 Å². The summed E-state index contributed by atoms with van der Waals surface area (Å²) in [7, 11) is 3.27. The van der Waals surface area contributed by atoms with Crippen molar-refractivity contribution in [3.63, 3.8) is 0 Å². The molecule has 0 saturated carbocycles. The Labute approximate surface area is 162 Å². The van der Waals surface area contributed by atoms with Gasteiger partial charge in [0.1, 0.15) is 5.76 Å². The first kappa shape index (κ1) is 19.2. The minimum Gasteiger partial charge on any atom is -0.463 e. The van der Waals surface area contributed by atoms with Crippen LogP contribution in [0.3, 0.4) is 0 Å². The van der Waals surface area contributed by atoms with Crippen LogP contribution in [0, 0.1) is 0 Å². The van der Waals surface area contributed by atoms with Crippen LogP contribution in [0.4, 0.5) is 0 Å². The standard InChI is InChI=1S/C20H23N3O3S/c1-20(2,3)14-8-6-13(7-9-14)17-21-22-19(23(17)4)27-12-15-10-11-16(26-15)18(24)25-5/h6-11H,12H2,1-5H3. The molecule has 0 aliphatic heterocycles. The maximum atomic E-state index is 11.5. The van der Waals surface area contributed by atoms with E-state index in [1.165, 1.54) is 24.4 Å². The summed E-state index contributed by atoms with van der Waals surface area (Å²) >= 11 is 1.50. The zero-order valence-corrected chi connectivity index (χ0v) is 17.0. The molecule has 142 valence electrons. The fraction of sp³-hybridized carbons (Fsp3) is 0.350. The molecule has 0 amide bonds. The van der Waals surface area contributed by atoms with Crippen molar-refractivity contribution in [3.8, 4) is 11.4 Å². The van der Waals surface area contributed by atoms with Gasteiger partial charge >= 0.3 is 5.97 Å². The van der Waals surface area contributed by atoms with E-state index in [9.17, 15) is 4.79 Å². The van der Waals surface area contributed by atoms with Gasteiger partial charge in [-0.3, -0.25) is 0 Å². The molecule has 7 heteroatoms. The number of furan rings is 1. The molecule has 0 radical (unpaired) electrons. The van der Waals surface area contributed by atoms with Gasteiger partial charge in [-0.15, -0.1) is 10.2 Å². The zero-order valence-electron chi connectivity index (χ0n) is 16.1. The lowest BCUT2D eigenvalue weighted by molar-refractivity contribution is 0.0563. The van der Waals surface area contributed by atoms with Crippen molar-refractivity contribution in [1.82, 2.24) is 14.8 Å². The molecule has 0 bridgehead atoms. The average molecular weight is 385 g/mol. The second-order valence-electron chi connectivity index (χ2n) is 7.24. The van der Waals surface area contributed by atoms with Crippen molar-refractivity contribution in [2.24, 2.45) is 7.05 Å². The number of benzene rings is 1. The Morgan fingerprint density at radius 3 is 2.48 bits per heavy atom. The van der Waals surface area contributed by atoms with E-state index < -0.39 is 5.97 Å². The van der Waals surface area contributed by atoms with Gasteiger partial charge < -0.3 is 13.7 Å². The van der Waals surface area contributed by atoms with Crippen molar-refractivity contribution in [2.75, 3.05) is 7.11 Å². The quantitative estimate of drug-likeness (QED) is 0.477. The second-order valence-corrected chi connectivity index (χ2v) is 8.18. The highest BCUT2D eigenvalue weighted by molar-refractivity contribution is 7.98. The molecular formula is C20H23N3O3S. The largest absolute Gasteiger partial charge is 0.463 e. The van der Waals surface area contributed by atoms with E-state index >= 15 is 0 Å². The van der Waals surface area contributed by atoms with Gasteiger partial charge in [0, 0.05) is 12.6 Å². The molecule has 3 rings (SSSR count). The van der Waals surface area contributed by atoms with Gasteiger partial charge in [0.15, 0.2) is 11.0 Å². The fourth-order valence-electron chi connectivity index (χ4n) is 2.61. The minimum atomic E-state index is -0.481. The first-order valence-corrected chi connectivity index (χ1v) is 9.58. The van der Waals surface area contributed by atoms with Crippen LogP contribution in [0.1, 0.15) is 42.6 Å². The monoisotopic (exact) mass is 385 g/mol. The third kappa shape index (κ3) is 4.24. The number of carbonyl (C=O) groups is 1. The van der Waals surface area contributed by atoms with Crippen LogP contribution in [0.15, 0.2) is 46.0 Å². The van der Waals surface area contributed by atoms with Gasteiger partial charge in [-0.2, -0.15) is 0 Å². The summed E-state index contributed by atoms with van der Waals surface area (Å²) in [6, 6.07) is 11.8. The molecule has 0 fully saturated rings. The Morgan fingerprint density at radius 1 is 1.15 bits per heavy atom. The van der Waals surface area contributed by atoms with Crippen LogP contribution in [0.5, 0.6) is 0 Å². The molecule has 3 aromatic rings. The van der Waals surface area contributed by atoms with Crippen LogP contribution in [0.25, 0.3) is 11.4 Å². The lowest BCUT2D eigenvalue weighted by Crippen LogP contribution is -2.10. The summed E-state index contributed by atoms with van der Waals surface area (Å²) in [6.45, 7) is 6.58. The molecule has 6 nitrogen and oxygen atoms in total. The van der Waals surface area contributed by atoms with E-state index in [1.807, 2.05) is 11.6 Å². The normalized spacial score (nSPS) is 11.6. The van der Waals surface area contributed by atoms with Gasteiger partial charge in [0.25, 0.3) is 0 Å². The molecule has 0 spiro atoms. The van der Waals surface area contributed by atoms with Gasteiger partial charge in [-0.05, 0) is 23.1 Å². The number of rotatable bonds is 5. The molecule has 0 atom stereocenters. The van der Waals surface area contributed by atoms with Crippen molar-refractivity contribution in [1.29, 1.82) is 0 Å². The van der Waals surface area contributed by atoms with E-state index in [0.29, 0.717) is 11.5 Å². The average Bonchev–Trinajstić information content (AvgIpc) is 3.25. The Kier molecular flexibility index (Phi) is 5.41. The molecule has 0 N–H and O–H groups in total. The maximum absolute atomic E-state index is 11.5. The molecule has 0 aliphatic carbocycles. The van der Waals surface area contributed by atoms with Crippen molar-refractivity contribution < 1.29 is 13.9 Å². The minimum absolute atomic E-state index is 0.117. The molecular weight excluding hydrogens is 362 g/mol. The van der Waals surface area contributed by atoms with E-state index in [2.05, 4.69) is 60.0 Å². The maximum Gasteiger partial charge on any atom is 0.373 e.